The fourth-order valence-electron chi connectivity index (χ4n) is 8.56. The molecule has 38 heavy (non-hydrogen) atoms. The lowest BCUT2D eigenvalue weighted by atomic mass is 9.12. The summed E-state index contributed by atoms with van der Waals surface area (Å²) in [5.74, 6) is 0.117. The number of carbonyl (C=O) groups is 1. The molecular formula is C30H52O8. The van der Waals surface area contributed by atoms with E-state index in [9.17, 15) is 15.0 Å². The topological polar surface area (TPSA) is 104 Å². The van der Waals surface area contributed by atoms with Crippen molar-refractivity contribution in [3.63, 3.8) is 0 Å². The van der Waals surface area contributed by atoms with Crippen molar-refractivity contribution < 1.29 is 38.7 Å². The molecule has 0 bridgehead atoms. The zero-order valence-electron chi connectivity index (χ0n) is 25.7. The molecule has 4 aliphatic rings. The van der Waals surface area contributed by atoms with E-state index in [4.69, 9.17) is 23.7 Å². The van der Waals surface area contributed by atoms with Crippen LogP contribution in [0, 0.1) is 28.1 Å². The number of hydrogen-bond acceptors (Lipinski definition) is 8. The minimum Gasteiger partial charge on any atom is -0.458 e. The lowest BCUT2D eigenvalue weighted by Gasteiger charge is -2.95. The SMILES string of the molecule is CCC(C)C(C)(C(=O)OC12CC3CC4(OC(O)OC(C)(C)C)CC(OC(O)OC(C)(C)C)(C1)C324)C(C)(C)C. The fraction of sp³-hybridized carbons (Fsp3) is 0.967. The van der Waals surface area contributed by atoms with Crippen LogP contribution in [0.1, 0.15) is 115 Å². The van der Waals surface area contributed by atoms with Crippen molar-refractivity contribution in [3.8, 4) is 0 Å². The van der Waals surface area contributed by atoms with Crippen LogP contribution >= 0.6 is 0 Å². The van der Waals surface area contributed by atoms with Gasteiger partial charge in [-0.1, -0.05) is 41.0 Å². The lowest BCUT2D eigenvalue weighted by Crippen LogP contribution is -3.05. The van der Waals surface area contributed by atoms with Gasteiger partial charge in [-0.2, -0.15) is 0 Å². The van der Waals surface area contributed by atoms with Gasteiger partial charge in [-0.3, -0.25) is 4.79 Å². The highest BCUT2D eigenvalue weighted by Crippen LogP contribution is 2.94. The monoisotopic (exact) mass is 540 g/mol. The first-order valence-electron chi connectivity index (χ1n) is 14.3. The van der Waals surface area contributed by atoms with E-state index in [0.717, 1.165) is 19.3 Å². The first kappa shape index (κ1) is 30.2. The molecular weight excluding hydrogens is 488 g/mol. The molecule has 0 aromatic heterocycles. The maximum Gasteiger partial charge on any atom is 0.313 e. The van der Waals surface area contributed by atoms with Gasteiger partial charge >= 0.3 is 5.97 Å². The van der Waals surface area contributed by atoms with Gasteiger partial charge in [0.15, 0.2) is 0 Å². The van der Waals surface area contributed by atoms with Gasteiger partial charge in [-0.15, -0.1) is 0 Å². The van der Waals surface area contributed by atoms with E-state index in [1.54, 1.807) is 0 Å². The summed E-state index contributed by atoms with van der Waals surface area (Å²) >= 11 is 0. The molecule has 0 saturated heterocycles. The Hall–Kier alpha value is -0.770. The molecule has 4 saturated carbocycles. The lowest BCUT2D eigenvalue weighted by molar-refractivity contribution is -0.593. The molecule has 1 spiro atoms. The summed E-state index contributed by atoms with van der Waals surface area (Å²) in [4.78, 5) is 14.1. The van der Waals surface area contributed by atoms with Crippen molar-refractivity contribution in [3.05, 3.63) is 0 Å². The van der Waals surface area contributed by atoms with E-state index in [1.165, 1.54) is 0 Å². The van der Waals surface area contributed by atoms with Crippen LogP contribution in [0.5, 0.6) is 0 Å². The van der Waals surface area contributed by atoms with Crippen molar-refractivity contribution in [1.29, 1.82) is 0 Å². The maximum absolute atomic E-state index is 14.1. The molecule has 0 radical (unpaired) electrons. The zero-order chi connectivity index (χ0) is 29.0. The zero-order valence-corrected chi connectivity index (χ0v) is 25.7. The first-order valence-corrected chi connectivity index (χ1v) is 14.3. The molecule has 0 amide bonds. The number of aliphatic hydroxyl groups excluding tert-OH is 2. The summed E-state index contributed by atoms with van der Waals surface area (Å²) in [6.07, 6.45) is 3.24. The van der Waals surface area contributed by atoms with E-state index in [2.05, 4.69) is 34.6 Å². The normalized spacial score (nSPS) is 39.6. The molecule has 4 rings (SSSR count). The number of rotatable bonds is 10. The highest BCUT2D eigenvalue weighted by molar-refractivity contribution is 5.79. The minimum atomic E-state index is -1.42. The van der Waals surface area contributed by atoms with Crippen LogP contribution in [0.15, 0.2) is 0 Å². The Morgan fingerprint density at radius 3 is 1.68 bits per heavy atom. The number of hydrogen-bond donors (Lipinski definition) is 2. The van der Waals surface area contributed by atoms with Gasteiger partial charge in [0.1, 0.15) is 5.60 Å². The van der Waals surface area contributed by atoms with Gasteiger partial charge in [0.25, 0.3) is 13.0 Å². The third-order valence-corrected chi connectivity index (χ3v) is 10.5. The Kier molecular flexibility index (Phi) is 6.85. The summed E-state index contributed by atoms with van der Waals surface area (Å²) in [7, 11) is 0. The largest absolute Gasteiger partial charge is 0.458 e. The van der Waals surface area contributed by atoms with Crippen LogP contribution in [0.3, 0.4) is 0 Å². The van der Waals surface area contributed by atoms with E-state index in [1.807, 2.05) is 48.5 Å². The van der Waals surface area contributed by atoms with Crippen molar-refractivity contribution in [2.75, 3.05) is 0 Å². The van der Waals surface area contributed by atoms with Gasteiger partial charge in [-0.05, 0) is 78.6 Å². The predicted octanol–water partition coefficient (Wildman–Crippen LogP) is 5.28. The predicted molar refractivity (Wildman–Crippen MR) is 142 cm³/mol. The molecule has 0 aromatic rings. The summed E-state index contributed by atoms with van der Waals surface area (Å²) in [6, 6.07) is 0. The second kappa shape index (κ2) is 8.62. The van der Waals surface area contributed by atoms with Gasteiger partial charge in [0.05, 0.1) is 33.2 Å². The minimum absolute atomic E-state index is 0.119. The third-order valence-electron chi connectivity index (χ3n) is 10.5. The van der Waals surface area contributed by atoms with Gasteiger partial charge in [0.2, 0.25) is 0 Å². The standard InChI is InChI=1S/C30H52O8/c1-13-18(2)26(12,23(3,4)5)20(31)34-27-14-19-15-28(37-21(32)35-24(6,7)8)17-29(16-27,30(19,27)28)38-22(33)36-25(9,10)11/h18-19,21-22,32-33H,13-17H2,1-12H3. The van der Waals surface area contributed by atoms with E-state index in [0.29, 0.717) is 12.8 Å². The quantitative estimate of drug-likeness (QED) is 0.285. The Bertz CT molecular complexity index is 913. The maximum atomic E-state index is 14.1. The molecule has 0 aromatic carbocycles. The second-order valence-corrected chi connectivity index (χ2v) is 15.7. The highest BCUT2D eigenvalue weighted by Gasteiger charge is 3.03. The van der Waals surface area contributed by atoms with E-state index in [-0.39, 0.29) is 23.2 Å². The second-order valence-electron chi connectivity index (χ2n) is 15.7. The Balaban J connectivity index is 1.64. The molecule has 9 atom stereocenters. The molecule has 4 aliphatic carbocycles. The first-order chi connectivity index (χ1) is 17.0. The third kappa shape index (κ3) is 3.95. The van der Waals surface area contributed by atoms with Crippen LogP contribution in [0.2, 0.25) is 0 Å². The molecule has 9 unspecified atom stereocenters. The van der Waals surface area contributed by atoms with Crippen molar-refractivity contribution in [2.24, 2.45) is 28.1 Å². The molecule has 0 aliphatic heterocycles. The van der Waals surface area contributed by atoms with Crippen LogP contribution in [-0.2, 0) is 28.5 Å². The summed E-state index contributed by atoms with van der Waals surface area (Å²) in [6.45, 7) is 20.8. The summed E-state index contributed by atoms with van der Waals surface area (Å²) < 4.78 is 30.5. The molecule has 8 heteroatoms. The smallest absolute Gasteiger partial charge is 0.313 e. The van der Waals surface area contributed by atoms with E-state index < -0.39 is 51.8 Å². The van der Waals surface area contributed by atoms with Crippen LogP contribution in [-0.4, -0.2) is 57.1 Å². The molecule has 4 fully saturated rings. The Morgan fingerprint density at radius 1 is 0.816 bits per heavy atom. The number of ether oxygens (including phenoxy) is 5. The molecule has 8 nitrogen and oxygen atoms in total. The van der Waals surface area contributed by atoms with Crippen LogP contribution < -0.4 is 0 Å². The van der Waals surface area contributed by atoms with Crippen molar-refractivity contribution in [1.82, 2.24) is 0 Å². The van der Waals surface area contributed by atoms with Crippen LogP contribution in [0.4, 0.5) is 0 Å². The number of aliphatic hydroxyl groups is 2. The fourth-order valence-corrected chi connectivity index (χ4v) is 8.56. The summed E-state index contributed by atoms with van der Waals surface area (Å²) in [5.41, 5.74) is -5.14. The van der Waals surface area contributed by atoms with E-state index >= 15 is 0 Å². The van der Waals surface area contributed by atoms with Crippen molar-refractivity contribution in [2.45, 2.75) is 156 Å². The Morgan fingerprint density at radius 2 is 1.26 bits per heavy atom. The number of esters is 1. The van der Waals surface area contributed by atoms with Crippen LogP contribution in [0.25, 0.3) is 0 Å². The molecule has 2 N–H and O–H groups in total. The average molecular weight is 541 g/mol. The molecule has 220 valence electrons. The van der Waals surface area contributed by atoms with Gasteiger partial charge < -0.3 is 33.9 Å². The molecule has 0 heterocycles. The van der Waals surface area contributed by atoms with Gasteiger partial charge in [-0.25, -0.2) is 0 Å². The average Bonchev–Trinajstić information content (AvgIpc) is 2.65. The number of carbonyl (C=O) groups excluding carboxylic acids is 1. The highest BCUT2D eigenvalue weighted by atomic mass is 16.8. The Labute approximate surface area is 229 Å². The summed E-state index contributed by atoms with van der Waals surface area (Å²) in [5, 5.41) is 21.4. The van der Waals surface area contributed by atoms with Gasteiger partial charge in [0, 0.05) is 12.8 Å². The van der Waals surface area contributed by atoms with Crippen molar-refractivity contribution >= 4 is 5.97 Å².